The number of carbonyl (C=O) groups is 2. The first-order chi connectivity index (χ1) is 12.5. The first kappa shape index (κ1) is 21.9. The summed E-state index contributed by atoms with van der Waals surface area (Å²) in [7, 11) is 0. The van der Waals surface area contributed by atoms with Gasteiger partial charge in [0.1, 0.15) is 0 Å². The van der Waals surface area contributed by atoms with Crippen LogP contribution in [0.5, 0.6) is 0 Å². The minimum absolute atomic E-state index is 0.00174. The molecule has 5 heteroatoms. The number of Topliss-reactive ketones (excluding diaryl/α,β-unsaturated/α-hetero) is 1. The molecule has 4 nitrogen and oxygen atoms in total. The summed E-state index contributed by atoms with van der Waals surface area (Å²) in [5, 5.41) is 0. The van der Waals surface area contributed by atoms with E-state index < -0.39 is 0 Å². The fourth-order valence-electron chi connectivity index (χ4n) is 4.26. The number of ketones is 1. The maximum atomic E-state index is 12.9. The highest BCUT2D eigenvalue weighted by molar-refractivity contribution is 9.09. The van der Waals surface area contributed by atoms with Crippen molar-refractivity contribution in [2.24, 2.45) is 17.8 Å². The van der Waals surface area contributed by atoms with Crippen molar-refractivity contribution in [3.63, 3.8) is 0 Å². The zero-order chi connectivity index (χ0) is 19.1. The Hall–Kier alpha value is -0.420. The van der Waals surface area contributed by atoms with Gasteiger partial charge in [0.2, 0.25) is 0 Å². The van der Waals surface area contributed by atoms with Crippen LogP contribution in [0, 0.1) is 30.8 Å². The van der Waals surface area contributed by atoms with Crippen LogP contribution in [-0.2, 0) is 19.1 Å². The summed E-state index contributed by atoms with van der Waals surface area (Å²) in [6.07, 6.45) is 8.54. The third-order valence-corrected chi connectivity index (χ3v) is 6.78. The Bertz CT molecular complexity index is 467. The third-order valence-electron chi connectivity index (χ3n) is 5.64. The molecule has 2 radical (unpaired) electrons. The molecule has 5 atom stereocenters. The molecule has 2 saturated heterocycles. The van der Waals surface area contributed by atoms with Crippen LogP contribution in [-0.4, -0.2) is 29.3 Å². The van der Waals surface area contributed by atoms with Crippen molar-refractivity contribution in [2.45, 2.75) is 82.6 Å². The summed E-state index contributed by atoms with van der Waals surface area (Å²) in [6.45, 7) is 8.16. The first-order valence-corrected chi connectivity index (χ1v) is 11.1. The smallest absolute Gasteiger partial charge is 0.309 e. The number of fused-ring (bicyclic) bond motifs is 3. The lowest BCUT2D eigenvalue weighted by Gasteiger charge is -2.47. The van der Waals surface area contributed by atoms with Crippen molar-refractivity contribution in [1.82, 2.24) is 0 Å². The number of rotatable bonds is 11. The molecule has 3 rings (SSSR count). The molecule has 2 bridgehead atoms. The Morgan fingerprint density at radius 3 is 2.65 bits per heavy atom. The van der Waals surface area contributed by atoms with Gasteiger partial charge in [-0.2, -0.15) is 0 Å². The average Bonchev–Trinajstić information content (AvgIpc) is 2.65. The van der Waals surface area contributed by atoms with E-state index in [2.05, 4.69) is 29.8 Å². The molecule has 0 aromatic rings. The Labute approximate surface area is 166 Å². The van der Waals surface area contributed by atoms with Gasteiger partial charge in [-0.05, 0) is 50.9 Å². The zero-order valence-corrected chi connectivity index (χ0v) is 17.8. The molecule has 26 heavy (non-hydrogen) atoms. The van der Waals surface area contributed by atoms with Gasteiger partial charge in [-0.25, -0.2) is 0 Å². The van der Waals surface area contributed by atoms with E-state index in [-0.39, 0.29) is 36.1 Å². The van der Waals surface area contributed by atoms with E-state index in [0.717, 1.165) is 44.9 Å². The van der Waals surface area contributed by atoms with Crippen LogP contribution in [0.4, 0.5) is 0 Å². The molecule has 0 amide bonds. The number of alkyl halides is 1. The van der Waals surface area contributed by atoms with Gasteiger partial charge in [0, 0.05) is 11.2 Å². The average molecular weight is 429 g/mol. The van der Waals surface area contributed by atoms with Gasteiger partial charge in [-0.1, -0.05) is 49.0 Å². The maximum Gasteiger partial charge on any atom is 0.309 e. The van der Waals surface area contributed by atoms with Crippen LogP contribution < -0.4 is 0 Å². The van der Waals surface area contributed by atoms with E-state index in [1.165, 1.54) is 0 Å². The number of hydrogen-bond acceptors (Lipinski definition) is 4. The van der Waals surface area contributed by atoms with Gasteiger partial charge in [0.15, 0.2) is 11.9 Å². The molecule has 1 saturated carbocycles. The number of hydrogen-bond donors (Lipinski definition) is 0. The fraction of sp³-hybridized carbons (Fsp3) is 0.810. The number of unbranched alkanes of at least 4 members (excludes halogenated alkanes) is 1. The van der Waals surface area contributed by atoms with E-state index in [9.17, 15) is 9.59 Å². The predicted molar refractivity (Wildman–Crippen MR) is 106 cm³/mol. The minimum atomic E-state index is -0.374. The molecule has 148 valence electrons. The zero-order valence-electron chi connectivity index (χ0n) is 16.2. The quantitative estimate of drug-likeness (QED) is 0.341. The summed E-state index contributed by atoms with van der Waals surface area (Å²) >= 11 is 3.82. The summed E-state index contributed by atoms with van der Waals surface area (Å²) < 4.78 is 11.3. The van der Waals surface area contributed by atoms with Crippen molar-refractivity contribution < 1.29 is 19.1 Å². The highest BCUT2D eigenvalue weighted by atomic mass is 79.9. The number of carbonyl (C=O) groups excluding carboxylic acids is 2. The molecule has 2 heterocycles. The lowest BCUT2D eigenvalue weighted by Crippen LogP contribution is -2.48. The summed E-state index contributed by atoms with van der Waals surface area (Å²) in [5.74, 6) is 0.0574. The summed E-state index contributed by atoms with van der Waals surface area (Å²) in [6, 6.07) is 0. The lowest BCUT2D eigenvalue weighted by molar-refractivity contribution is -0.153. The Balaban J connectivity index is 1.96. The van der Waals surface area contributed by atoms with E-state index in [0.29, 0.717) is 29.9 Å². The molecule has 2 aliphatic heterocycles. The molecule has 0 aromatic heterocycles. The van der Waals surface area contributed by atoms with Crippen LogP contribution in [0.1, 0.15) is 71.6 Å². The normalized spacial score (nSPS) is 27.9. The topological polar surface area (TPSA) is 52.6 Å². The predicted octanol–water partition coefficient (Wildman–Crippen LogP) is 5.04. The van der Waals surface area contributed by atoms with Gasteiger partial charge in [0.25, 0.3) is 0 Å². The van der Waals surface area contributed by atoms with Crippen molar-refractivity contribution in [3.05, 3.63) is 13.0 Å². The van der Waals surface area contributed by atoms with Gasteiger partial charge in [0.05, 0.1) is 18.6 Å². The van der Waals surface area contributed by atoms with Crippen molar-refractivity contribution >= 4 is 27.7 Å². The minimum Gasteiger partial charge on any atom is -0.466 e. The first-order valence-electron chi connectivity index (χ1n) is 10.2. The second-order valence-corrected chi connectivity index (χ2v) is 8.75. The number of ether oxygens (including phenoxy) is 2. The van der Waals surface area contributed by atoms with Crippen LogP contribution >= 0.6 is 15.9 Å². The molecule has 1 aliphatic carbocycles. The van der Waals surface area contributed by atoms with E-state index in [4.69, 9.17) is 9.47 Å². The third kappa shape index (κ3) is 5.54. The Kier molecular flexibility index (Phi) is 9.08. The van der Waals surface area contributed by atoms with Crippen LogP contribution in [0.2, 0.25) is 0 Å². The highest BCUT2D eigenvalue weighted by Gasteiger charge is 2.48. The number of esters is 1. The van der Waals surface area contributed by atoms with E-state index >= 15 is 0 Å². The summed E-state index contributed by atoms with van der Waals surface area (Å²) in [4.78, 5) is 25.5. The standard InChI is InChI=1S/C21H33BrO4/c1-4-7-9-15(21(24)25-6-3)13-18(23)20-14-10-11-19(26-20)16(12-14)17(22)8-5-2/h14-17,19H,1,4-13H2,2-3H3. The molecule has 3 fully saturated rings. The largest absolute Gasteiger partial charge is 0.466 e. The van der Waals surface area contributed by atoms with Gasteiger partial charge in [-0.3, -0.25) is 9.59 Å². The fourth-order valence-corrected chi connectivity index (χ4v) is 5.28. The second-order valence-electron chi connectivity index (χ2n) is 7.57. The van der Waals surface area contributed by atoms with Crippen LogP contribution in [0.15, 0.2) is 0 Å². The molecule has 3 aliphatic rings. The van der Waals surface area contributed by atoms with Crippen molar-refractivity contribution in [2.75, 3.05) is 6.61 Å². The monoisotopic (exact) mass is 428 g/mol. The molecule has 0 aromatic carbocycles. The van der Waals surface area contributed by atoms with Gasteiger partial charge < -0.3 is 9.47 Å². The highest BCUT2D eigenvalue weighted by Crippen LogP contribution is 2.48. The number of halogens is 1. The van der Waals surface area contributed by atoms with E-state index in [1.807, 2.05) is 0 Å². The molecule has 0 spiro atoms. The van der Waals surface area contributed by atoms with Crippen molar-refractivity contribution in [1.29, 1.82) is 0 Å². The van der Waals surface area contributed by atoms with Crippen molar-refractivity contribution in [3.8, 4) is 0 Å². The second kappa shape index (κ2) is 10.8. The van der Waals surface area contributed by atoms with Gasteiger partial charge >= 0.3 is 5.97 Å². The molecule has 0 N–H and O–H groups in total. The van der Waals surface area contributed by atoms with Crippen LogP contribution in [0.25, 0.3) is 0 Å². The summed E-state index contributed by atoms with van der Waals surface area (Å²) in [5.41, 5.74) is 0. The maximum absolute atomic E-state index is 12.9. The molecule has 5 unspecified atom stereocenters. The Morgan fingerprint density at radius 2 is 2.08 bits per heavy atom. The SMILES string of the molecule is [CH2]CCCC(CC(=O)[C]1OC2CCC1CC2C(Br)CCC)C(=O)OCC. The Morgan fingerprint density at radius 1 is 1.31 bits per heavy atom. The van der Waals surface area contributed by atoms with Gasteiger partial charge in [-0.15, -0.1) is 0 Å². The lowest BCUT2D eigenvalue weighted by atomic mass is 9.70. The molecular weight excluding hydrogens is 396 g/mol. The molecular formula is C21H33BrO4. The van der Waals surface area contributed by atoms with E-state index in [1.54, 1.807) is 6.92 Å². The van der Waals surface area contributed by atoms with Crippen LogP contribution in [0.3, 0.4) is 0 Å².